The SMILES string of the molecule is COc1ccc(OCC(O)CNC2CCN(c3ccc(C#N)cn3)CC2)cc1. The van der Waals surface area contributed by atoms with E-state index in [4.69, 9.17) is 14.7 Å². The Bertz CT molecular complexity index is 766. The number of aliphatic hydroxyl groups excluding tert-OH is 1. The summed E-state index contributed by atoms with van der Waals surface area (Å²) in [4.78, 5) is 6.58. The van der Waals surface area contributed by atoms with Gasteiger partial charge in [0.15, 0.2) is 0 Å². The summed E-state index contributed by atoms with van der Waals surface area (Å²) in [6.07, 6.45) is 3.00. The molecule has 1 aliphatic rings. The van der Waals surface area contributed by atoms with Crippen LogP contribution in [0.1, 0.15) is 18.4 Å². The van der Waals surface area contributed by atoms with E-state index in [-0.39, 0.29) is 6.61 Å². The number of rotatable bonds is 8. The van der Waals surface area contributed by atoms with Crippen molar-refractivity contribution in [3.63, 3.8) is 0 Å². The summed E-state index contributed by atoms with van der Waals surface area (Å²) >= 11 is 0. The van der Waals surface area contributed by atoms with Crippen molar-refractivity contribution in [1.82, 2.24) is 10.3 Å². The molecule has 1 aromatic heterocycles. The summed E-state index contributed by atoms with van der Waals surface area (Å²) in [5.74, 6) is 2.39. The van der Waals surface area contributed by atoms with Gasteiger partial charge in [-0.3, -0.25) is 0 Å². The molecule has 0 spiro atoms. The first-order valence-electron chi connectivity index (χ1n) is 9.47. The number of anilines is 1. The van der Waals surface area contributed by atoms with E-state index >= 15 is 0 Å². The van der Waals surface area contributed by atoms with Gasteiger partial charge in [0, 0.05) is 31.9 Å². The van der Waals surface area contributed by atoms with E-state index in [2.05, 4.69) is 21.3 Å². The molecule has 3 rings (SSSR count). The Morgan fingerprint density at radius 2 is 1.93 bits per heavy atom. The van der Waals surface area contributed by atoms with Crippen LogP contribution < -0.4 is 19.7 Å². The molecule has 1 unspecified atom stereocenters. The smallest absolute Gasteiger partial charge is 0.128 e. The van der Waals surface area contributed by atoms with Crippen molar-refractivity contribution in [2.75, 3.05) is 38.3 Å². The van der Waals surface area contributed by atoms with E-state index in [1.807, 2.05) is 30.3 Å². The maximum absolute atomic E-state index is 10.2. The molecule has 0 amide bonds. The van der Waals surface area contributed by atoms with Crippen LogP contribution in [0.15, 0.2) is 42.6 Å². The van der Waals surface area contributed by atoms with Crippen molar-refractivity contribution >= 4 is 5.82 Å². The predicted octanol–water partition coefficient (Wildman–Crippen LogP) is 1.96. The van der Waals surface area contributed by atoms with E-state index in [1.165, 1.54) is 0 Å². The van der Waals surface area contributed by atoms with Gasteiger partial charge in [0.2, 0.25) is 0 Å². The third-order valence-corrected chi connectivity index (χ3v) is 4.84. The number of pyridine rings is 1. The van der Waals surface area contributed by atoms with Crippen LogP contribution in [0.25, 0.3) is 0 Å². The number of aliphatic hydroxyl groups is 1. The quantitative estimate of drug-likeness (QED) is 0.721. The first kappa shape index (κ1) is 19.9. The first-order valence-corrected chi connectivity index (χ1v) is 9.47. The Labute approximate surface area is 165 Å². The summed E-state index contributed by atoms with van der Waals surface area (Å²) in [5.41, 5.74) is 0.575. The third-order valence-electron chi connectivity index (χ3n) is 4.84. The molecular formula is C21H26N4O3. The molecule has 2 aromatic rings. The number of nitrogens with zero attached hydrogens (tertiary/aromatic N) is 3. The van der Waals surface area contributed by atoms with E-state index in [1.54, 1.807) is 19.4 Å². The molecule has 1 saturated heterocycles. The zero-order valence-corrected chi connectivity index (χ0v) is 16.0. The minimum atomic E-state index is -0.569. The minimum absolute atomic E-state index is 0.243. The van der Waals surface area contributed by atoms with Gasteiger partial charge in [0.25, 0.3) is 0 Å². The highest BCUT2D eigenvalue weighted by molar-refractivity contribution is 5.42. The molecule has 0 aliphatic carbocycles. The van der Waals surface area contributed by atoms with Crippen LogP contribution in [0, 0.1) is 11.3 Å². The lowest BCUT2D eigenvalue weighted by molar-refractivity contribution is 0.102. The Morgan fingerprint density at radius 1 is 1.21 bits per heavy atom. The summed E-state index contributed by atoms with van der Waals surface area (Å²) in [5, 5.41) is 22.4. The van der Waals surface area contributed by atoms with Crippen molar-refractivity contribution in [1.29, 1.82) is 5.26 Å². The Morgan fingerprint density at radius 3 is 2.54 bits per heavy atom. The normalized spacial score (nSPS) is 15.7. The maximum atomic E-state index is 10.2. The molecule has 7 heteroatoms. The molecule has 2 N–H and O–H groups in total. The Kier molecular flexibility index (Phi) is 7.06. The molecule has 0 saturated carbocycles. The molecule has 28 heavy (non-hydrogen) atoms. The van der Waals surface area contributed by atoms with Gasteiger partial charge < -0.3 is 24.8 Å². The molecule has 1 fully saturated rings. The van der Waals surface area contributed by atoms with Gasteiger partial charge in [-0.05, 0) is 49.2 Å². The van der Waals surface area contributed by atoms with Crippen LogP contribution in [0.5, 0.6) is 11.5 Å². The zero-order chi connectivity index (χ0) is 19.8. The van der Waals surface area contributed by atoms with E-state index in [9.17, 15) is 5.11 Å². The number of nitrogens with one attached hydrogen (secondary N) is 1. The highest BCUT2D eigenvalue weighted by atomic mass is 16.5. The topological polar surface area (TPSA) is 90.6 Å². The molecule has 148 valence electrons. The lowest BCUT2D eigenvalue weighted by Crippen LogP contribution is -2.45. The number of ether oxygens (including phenoxy) is 2. The molecular weight excluding hydrogens is 356 g/mol. The fourth-order valence-electron chi connectivity index (χ4n) is 3.18. The van der Waals surface area contributed by atoms with E-state index in [0.717, 1.165) is 37.5 Å². The number of aromatic nitrogens is 1. The maximum Gasteiger partial charge on any atom is 0.128 e. The molecule has 1 atom stereocenters. The average Bonchev–Trinajstić information content (AvgIpc) is 2.77. The van der Waals surface area contributed by atoms with Gasteiger partial charge in [-0.25, -0.2) is 4.98 Å². The van der Waals surface area contributed by atoms with Crippen LogP contribution in [0.4, 0.5) is 5.82 Å². The fourth-order valence-corrected chi connectivity index (χ4v) is 3.18. The molecule has 0 radical (unpaired) electrons. The second-order valence-electron chi connectivity index (χ2n) is 6.83. The van der Waals surface area contributed by atoms with Gasteiger partial charge in [-0.15, -0.1) is 0 Å². The standard InChI is InChI=1S/C21H26N4O3/c1-27-19-3-5-20(6-4-19)28-15-18(26)14-23-17-8-10-25(11-9-17)21-7-2-16(12-22)13-24-21/h2-7,13,17-18,23,26H,8-11,14-15H2,1H3. The van der Waals surface area contributed by atoms with Gasteiger partial charge in [-0.2, -0.15) is 5.26 Å². The average molecular weight is 382 g/mol. The number of benzene rings is 1. The van der Waals surface area contributed by atoms with E-state index in [0.29, 0.717) is 23.9 Å². The molecule has 1 aromatic carbocycles. The fraction of sp³-hybridized carbons (Fsp3) is 0.429. The van der Waals surface area contributed by atoms with Crippen LogP contribution >= 0.6 is 0 Å². The van der Waals surface area contributed by atoms with Crippen LogP contribution in [0.3, 0.4) is 0 Å². The summed E-state index contributed by atoms with van der Waals surface area (Å²) < 4.78 is 10.7. The lowest BCUT2D eigenvalue weighted by atomic mass is 10.0. The predicted molar refractivity (Wildman–Crippen MR) is 107 cm³/mol. The van der Waals surface area contributed by atoms with Crippen LogP contribution in [0.2, 0.25) is 0 Å². The second-order valence-corrected chi connectivity index (χ2v) is 6.83. The second kappa shape index (κ2) is 9.93. The van der Waals surface area contributed by atoms with Gasteiger partial charge in [-0.1, -0.05) is 0 Å². The van der Waals surface area contributed by atoms with Crippen molar-refractivity contribution in [3.8, 4) is 17.6 Å². The molecule has 0 bridgehead atoms. The van der Waals surface area contributed by atoms with Gasteiger partial charge in [0.05, 0.1) is 12.7 Å². The third kappa shape index (κ3) is 5.59. The first-order chi connectivity index (χ1) is 13.7. The largest absolute Gasteiger partial charge is 0.497 e. The van der Waals surface area contributed by atoms with Crippen LogP contribution in [-0.4, -0.2) is 55.6 Å². The van der Waals surface area contributed by atoms with Gasteiger partial charge in [0.1, 0.15) is 36.1 Å². The summed E-state index contributed by atoms with van der Waals surface area (Å²) in [6, 6.07) is 13.5. The number of methoxy groups -OCH3 is 1. The summed E-state index contributed by atoms with van der Waals surface area (Å²) in [7, 11) is 1.62. The van der Waals surface area contributed by atoms with E-state index < -0.39 is 6.10 Å². The highest BCUT2D eigenvalue weighted by Gasteiger charge is 2.20. The van der Waals surface area contributed by atoms with Crippen molar-refractivity contribution in [2.24, 2.45) is 0 Å². The summed E-state index contributed by atoms with van der Waals surface area (Å²) in [6.45, 7) is 2.54. The number of hydrogen-bond acceptors (Lipinski definition) is 7. The number of hydrogen-bond donors (Lipinski definition) is 2. The van der Waals surface area contributed by atoms with Crippen molar-refractivity contribution in [3.05, 3.63) is 48.2 Å². The van der Waals surface area contributed by atoms with Crippen LogP contribution in [-0.2, 0) is 0 Å². The number of piperidine rings is 1. The molecule has 7 nitrogen and oxygen atoms in total. The Hall–Kier alpha value is -2.82. The van der Waals surface area contributed by atoms with Crippen molar-refractivity contribution < 1.29 is 14.6 Å². The lowest BCUT2D eigenvalue weighted by Gasteiger charge is -2.33. The molecule has 2 heterocycles. The van der Waals surface area contributed by atoms with Gasteiger partial charge >= 0.3 is 0 Å². The number of nitriles is 1. The monoisotopic (exact) mass is 382 g/mol. The molecule has 1 aliphatic heterocycles. The zero-order valence-electron chi connectivity index (χ0n) is 16.0. The minimum Gasteiger partial charge on any atom is -0.497 e. The Balaban J connectivity index is 1.35. The highest BCUT2D eigenvalue weighted by Crippen LogP contribution is 2.19. The van der Waals surface area contributed by atoms with Crippen molar-refractivity contribution in [2.45, 2.75) is 25.0 Å².